The van der Waals surface area contributed by atoms with Crippen molar-refractivity contribution in [3.63, 3.8) is 0 Å². The Kier molecular flexibility index (Phi) is 8.51. The summed E-state index contributed by atoms with van der Waals surface area (Å²) in [4.78, 5) is 20.4. The van der Waals surface area contributed by atoms with E-state index in [1.165, 1.54) is 12.5 Å². The van der Waals surface area contributed by atoms with Gasteiger partial charge in [-0.25, -0.2) is 9.38 Å². The van der Waals surface area contributed by atoms with E-state index in [0.717, 1.165) is 56.6 Å². The maximum atomic E-state index is 13.5. The van der Waals surface area contributed by atoms with Crippen molar-refractivity contribution in [1.29, 1.82) is 0 Å². The molecule has 2 aliphatic rings. The quantitative estimate of drug-likeness (QED) is 0.532. The molecule has 2 saturated heterocycles. The standard InChI is InChI=1S/C23H36FN5O2/c1-17-13-18(24)9-10-21(17)29-11-6-7-19(16-29)27-23(26-15-22(30)28(2)3)25-14-20-8-4-5-12-31-20/h9-10,13,19-20H,4-8,11-12,14-16H2,1-3H3,(H2,25,26,27). The van der Waals surface area contributed by atoms with Crippen LogP contribution in [0.5, 0.6) is 0 Å². The number of rotatable bonds is 6. The first kappa shape index (κ1) is 23.3. The number of likely N-dealkylation sites (N-methyl/N-ethyl adjacent to an activating group) is 1. The fraction of sp³-hybridized carbons (Fsp3) is 0.652. The normalized spacial score (nSPS) is 22.2. The second kappa shape index (κ2) is 11.3. The average Bonchev–Trinajstić information content (AvgIpc) is 2.76. The summed E-state index contributed by atoms with van der Waals surface area (Å²) in [5.74, 6) is 0.399. The van der Waals surface area contributed by atoms with Crippen LogP contribution in [0.1, 0.15) is 37.7 Å². The summed E-state index contributed by atoms with van der Waals surface area (Å²) in [7, 11) is 3.47. The zero-order chi connectivity index (χ0) is 22.2. The number of guanidine groups is 1. The lowest BCUT2D eigenvalue weighted by molar-refractivity contribution is -0.127. The highest BCUT2D eigenvalue weighted by molar-refractivity contribution is 5.85. The average molecular weight is 434 g/mol. The molecule has 0 spiro atoms. The number of aliphatic imine (C=N–C) groups is 1. The van der Waals surface area contributed by atoms with Crippen molar-refractivity contribution in [2.24, 2.45) is 4.99 Å². The first-order valence-corrected chi connectivity index (χ1v) is 11.3. The summed E-state index contributed by atoms with van der Waals surface area (Å²) < 4.78 is 19.3. The Bertz CT molecular complexity index is 764. The number of hydrogen-bond acceptors (Lipinski definition) is 4. The van der Waals surface area contributed by atoms with Crippen molar-refractivity contribution in [2.75, 3.05) is 51.8 Å². The van der Waals surface area contributed by atoms with Crippen LogP contribution in [0.3, 0.4) is 0 Å². The predicted octanol–water partition coefficient (Wildman–Crippen LogP) is 2.30. The minimum absolute atomic E-state index is 0.0396. The maximum absolute atomic E-state index is 13.5. The number of amides is 1. The van der Waals surface area contributed by atoms with Crippen LogP contribution in [-0.4, -0.2) is 75.8 Å². The van der Waals surface area contributed by atoms with Crippen molar-refractivity contribution in [3.8, 4) is 0 Å². The Morgan fingerprint density at radius 1 is 1.29 bits per heavy atom. The number of nitrogens with one attached hydrogen (secondary N) is 2. The fourth-order valence-electron chi connectivity index (χ4n) is 4.10. The Morgan fingerprint density at radius 2 is 2.13 bits per heavy atom. The Balaban J connectivity index is 1.63. The number of nitrogens with zero attached hydrogens (tertiary/aromatic N) is 3. The van der Waals surface area contributed by atoms with Gasteiger partial charge in [-0.1, -0.05) is 0 Å². The van der Waals surface area contributed by atoms with Gasteiger partial charge in [0, 0.05) is 52.1 Å². The number of benzene rings is 1. The summed E-state index contributed by atoms with van der Waals surface area (Å²) in [6.45, 7) is 5.27. The lowest BCUT2D eigenvalue weighted by atomic mass is 10.0. The van der Waals surface area contributed by atoms with Crippen molar-refractivity contribution in [1.82, 2.24) is 15.5 Å². The van der Waals surface area contributed by atoms with E-state index in [1.807, 2.05) is 13.0 Å². The molecule has 0 saturated carbocycles. The van der Waals surface area contributed by atoms with Gasteiger partial charge in [0.15, 0.2) is 5.96 Å². The minimum Gasteiger partial charge on any atom is -0.376 e. The Labute approximate surface area is 185 Å². The molecular weight excluding hydrogens is 397 g/mol. The molecule has 0 aliphatic carbocycles. The lowest BCUT2D eigenvalue weighted by Gasteiger charge is -2.36. The second-order valence-electron chi connectivity index (χ2n) is 8.68. The van der Waals surface area contributed by atoms with E-state index in [-0.39, 0.29) is 30.4 Å². The smallest absolute Gasteiger partial charge is 0.243 e. The van der Waals surface area contributed by atoms with Crippen molar-refractivity contribution in [3.05, 3.63) is 29.6 Å². The molecule has 2 atom stereocenters. The fourth-order valence-corrected chi connectivity index (χ4v) is 4.10. The number of anilines is 1. The number of carbonyl (C=O) groups excluding carboxylic acids is 1. The monoisotopic (exact) mass is 433 g/mol. The van der Waals surface area contributed by atoms with Gasteiger partial charge >= 0.3 is 0 Å². The van der Waals surface area contributed by atoms with Gasteiger partial charge < -0.3 is 25.2 Å². The molecule has 1 aromatic carbocycles. The second-order valence-corrected chi connectivity index (χ2v) is 8.68. The van der Waals surface area contributed by atoms with Crippen LogP contribution in [0.4, 0.5) is 10.1 Å². The molecule has 0 radical (unpaired) electrons. The van der Waals surface area contributed by atoms with Crippen LogP contribution >= 0.6 is 0 Å². The van der Waals surface area contributed by atoms with Crippen LogP contribution in [-0.2, 0) is 9.53 Å². The van der Waals surface area contributed by atoms with E-state index in [1.54, 1.807) is 25.1 Å². The minimum atomic E-state index is -0.206. The SMILES string of the molecule is Cc1cc(F)ccc1N1CCCC(NC(=NCC(=O)N(C)C)NCC2CCCCO2)C1. The van der Waals surface area contributed by atoms with Crippen LogP contribution in [0.25, 0.3) is 0 Å². The molecule has 31 heavy (non-hydrogen) atoms. The van der Waals surface area contributed by atoms with Gasteiger partial charge in [0.25, 0.3) is 0 Å². The molecule has 172 valence electrons. The molecule has 2 unspecified atom stereocenters. The van der Waals surface area contributed by atoms with Crippen molar-refractivity contribution in [2.45, 2.75) is 51.2 Å². The molecule has 8 heteroatoms. The number of piperidine rings is 1. The van der Waals surface area contributed by atoms with Gasteiger partial charge in [-0.05, 0) is 62.8 Å². The van der Waals surface area contributed by atoms with Gasteiger partial charge in [-0.2, -0.15) is 0 Å². The highest BCUT2D eigenvalue weighted by Crippen LogP contribution is 2.24. The Morgan fingerprint density at radius 3 is 2.84 bits per heavy atom. The first-order chi connectivity index (χ1) is 14.9. The van der Waals surface area contributed by atoms with Crippen LogP contribution < -0.4 is 15.5 Å². The number of aryl methyl sites for hydroxylation is 1. The summed E-state index contributed by atoms with van der Waals surface area (Å²) in [5.41, 5.74) is 2.01. The predicted molar refractivity (Wildman–Crippen MR) is 122 cm³/mol. The molecule has 2 aliphatic heterocycles. The van der Waals surface area contributed by atoms with E-state index in [2.05, 4.69) is 20.5 Å². The molecular formula is C23H36FN5O2. The van der Waals surface area contributed by atoms with Crippen molar-refractivity contribution < 1.29 is 13.9 Å². The molecule has 0 aromatic heterocycles. The molecule has 7 nitrogen and oxygen atoms in total. The van der Waals surface area contributed by atoms with Gasteiger partial charge in [-0.3, -0.25) is 4.79 Å². The lowest BCUT2D eigenvalue weighted by Crippen LogP contribution is -2.52. The summed E-state index contributed by atoms with van der Waals surface area (Å²) in [6.07, 6.45) is 5.56. The van der Waals surface area contributed by atoms with Crippen molar-refractivity contribution >= 4 is 17.6 Å². The topological polar surface area (TPSA) is 69.2 Å². The van der Waals surface area contributed by atoms with Gasteiger partial charge in [-0.15, -0.1) is 0 Å². The van der Waals surface area contributed by atoms with Crippen LogP contribution in [0.2, 0.25) is 0 Å². The largest absolute Gasteiger partial charge is 0.376 e. The Hall–Kier alpha value is -2.35. The van der Waals surface area contributed by atoms with E-state index in [4.69, 9.17) is 4.74 Å². The first-order valence-electron chi connectivity index (χ1n) is 11.3. The van der Waals surface area contributed by atoms with Gasteiger partial charge in [0.05, 0.1) is 6.10 Å². The zero-order valence-corrected chi connectivity index (χ0v) is 19.0. The molecule has 3 rings (SSSR count). The van der Waals surface area contributed by atoms with E-state index >= 15 is 0 Å². The summed E-state index contributed by atoms with van der Waals surface area (Å²) in [5, 5.41) is 6.90. The summed E-state index contributed by atoms with van der Waals surface area (Å²) >= 11 is 0. The van der Waals surface area contributed by atoms with E-state index < -0.39 is 0 Å². The molecule has 2 fully saturated rings. The third kappa shape index (κ3) is 7.09. The molecule has 1 amide bonds. The third-order valence-corrected chi connectivity index (χ3v) is 5.90. The van der Waals surface area contributed by atoms with Crippen LogP contribution in [0, 0.1) is 12.7 Å². The van der Waals surface area contributed by atoms with Gasteiger partial charge in [0.2, 0.25) is 5.91 Å². The number of halogens is 1. The molecule has 1 aromatic rings. The zero-order valence-electron chi connectivity index (χ0n) is 19.0. The molecule has 0 bridgehead atoms. The van der Waals surface area contributed by atoms with E-state index in [0.29, 0.717) is 12.5 Å². The maximum Gasteiger partial charge on any atom is 0.243 e. The number of ether oxygens (including phenoxy) is 1. The van der Waals surface area contributed by atoms with E-state index in [9.17, 15) is 9.18 Å². The number of hydrogen-bond donors (Lipinski definition) is 2. The molecule has 2 heterocycles. The van der Waals surface area contributed by atoms with Crippen LogP contribution in [0.15, 0.2) is 23.2 Å². The highest BCUT2D eigenvalue weighted by Gasteiger charge is 2.23. The summed E-state index contributed by atoms with van der Waals surface area (Å²) in [6, 6.07) is 5.14. The van der Waals surface area contributed by atoms with Gasteiger partial charge in [0.1, 0.15) is 12.4 Å². The number of carbonyl (C=O) groups is 1. The molecule has 2 N–H and O–H groups in total. The highest BCUT2D eigenvalue weighted by atomic mass is 19.1. The third-order valence-electron chi connectivity index (χ3n) is 5.90.